The summed E-state index contributed by atoms with van der Waals surface area (Å²) in [6, 6.07) is 30.6. The van der Waals surface area contributed by atoms with Gasteiger partial charge in [0, 0.05) is 75.5 Å². The zero-order valence-corrected chi connectivity index (χ0v) is 30.2. The van der Waals surface area contributed by atoms with Gasteiger partial charge in [0.05, 0.1) is 23.7 Å². The zero-order chi connectivity index (χ0) is 37.5. The predicted molar refractivity (Wildman–Crippen MR) is 200 cm³/mol. The molecule has 278 valence electrons. The average molecular weight is 723 g/mol. The third-order valence-corrected chi connectivity index (χ3v) is 9.96. The van der Waals surface area contributed by atoms with E-state index in [9.17, 15) is 24.8 Å². The monoisotopic (exact) mass is 722 g/mol. The van der Waals surface area contributed by atoms with Crippen LogP contribution in [0.25, 0.3) is 11.1 Å². The quantitative estimate of drug-likeness (QED) is 0.103. The number of piperazine rings is 1. The van der Waals surface area contributed by atoms with Crippen LogP contribution < -0.4 is 10.2 Å². The van der Waals surface area contributed by atoms with Crippen molar-refractivity contribution < 1.29 is 33.8 Å². The van der Waals surface area contributed by atoms with Gasteiger partial charge in [0.2, 0.25) is 0 Å². The van der Waals surface area contributed by atoms with Crippen LogP contribution in [-0.2, 0) is 37.0 Å². The summed E-state index contributed by atoms with van der Waals surface area (Å²) in [5, 5.41) is 23.6. The standard InChI is InChI=1S/C41H46N4O8/c1-27-38(25-43-18-20-44(21-19-43)36-14-16-37(17-15-36)45(49)50)52-41(53-39(27)32-12-10-30(26-46)11-13-32)35-9-5-8-34(23-35)33-7-4-6-31(22-33)24-42-40(48)28(2)51-29(3)47/h4-17,22-23,27-28,38-39,41,46H,18-21,24-26H2,1-3H3,(H,42,48)/t27-,28-,38+,39+,41+/m0/s1. The normalized spacial score (nSPS) is 21.1. The Balaban J connectivity index is 1.17. The number of rotatable bonds is 12. The second-order valence-corrected chi connectivity index (χ2v) is 13.7. The predicted octanol–water partition coefficient (Wildman–Crippen LogP) is 5.94. The van der Waals surface area contributed by atoms with Crippen molar-refractivity contribution in [2.24, 2.45) is 5.92 Å². The molecule has 2 fully saturated rings. The van der Waals surface area contributed by atoms with Crippen LogP contribution in [0.2, 0.25) is 0 Å². The Morgan fingerprint density at radius 3 is 2.25 bits per heavy atom. The maximum Gasteiger partial charge on any atom is 0.303 e. The molecule has 0 radical (unpaired) electrons. The first kappa shape index (κ1) is 37.6. The van der Waals surface area contributed by atoms with Crippen LogP contribution in [0.4, 0.5) is 11.4 Å². The molecule has 1 amide bonds. The number of anilines is 1. The third kappa shape index (κ3) is 9.46. The number of non-ortho nitro benzene ring substituents is 1. The topological polar surface area (TPSA) is 144 Å². The van der Waals surface area contributed by atoms with Crippen molar-refractivity contribution >= 4 is 23.3 Å². The number of amides is 1. The summed E-state index contributed by atoms with van der Waals surface area (Å²) < 4.78 is 18.5. The molecule has 2 saturated heterocycles. The second kappa shape index (κ2) is 17.1. The summed E-state index contributed by atoms with van der Waals surface area (Å²) in [6.07, 6.45) is -1.91. The lowest BCUT2D eigenvalue weighted by atomic mass is 9.89. The Kier molecular flexibility index (Phi) is 12.2. The van der Waals surface area contributed by atoms with Crippen molar-refractivity contribution in [1.82, 2.24) is 10.2 Å². The highest BCUT2D eigenvalue weighted by Crippen LogP contribution is 2.42. The van der Waals surface area contributed by atoms with E-state index in [4.69, 9.17) is 14.2 Å². The summed E-state index contributed by atoms with van der Waals surface area (Å²) in [6.45, 7) is 9.16. The smallest absolute Gasteiger partial charge is 0.303 e. The molecular formula is C41H46N4O8. The van der Waals surface area contributed by atoms with Crippen molar-refractivity contribution in [2.45, 2.75) is 58.5 Å². The minimum atomic E-state index is -0.877. The number of hydrogen-bond acceptors (Lipinski definition) is 10. The van der Waals surface area contributed by atoms with Crippen molar-refractivity contribution in [3.63, 3.8) is 0 Å². The molecule has 6 rings (SSSR count). The highest BCUT2D eigenvalue weighted by atomic mass is 16.7. The van der Waals surface area contributed by atoms with E-state index >= 15 is 0 Å². The lowest BCUT2D eigenvalue weighted by molar-refractivity contribution is -0.384. The summed E-state index contributed by atoms with van der Waals surface area (Å²) in [5.41, 5.74) is 6.63. The van der Waals surface area contributed by atoms with Crippen molar-refractivity contribution in [2.75, 3.05) is 37.6 Å². The number of carbonyl (C=O) groups excluding carboxylic acids is 2. The number of aliphatic hydroxyl groups is 1. The molecule has 0 spiro atoms. The lowest BCUT2D eigenvalue weighted by Crippen LogP contribution is -2.51. The summed E-state index contributed by atoms with van der Waals surface area (Å²) >= 11 is 0. The van der Waals surface area contributed by atoms with E-state index in [2.05, 4.69) is 28.1 Å². The van der Waals surface area contributed by atoms with Crippen LogP contribution in [0, 0.1) is 16.0 Å². The fraction of sp³-hybridized carbons (Fsp3) is 0.366. The molecule has 4 aromatic rings. The zero-order valence-electron chi connectivity index (χ0n) is 30.2. The molecule has 0 aromatic heterocycles. The molecule has 0 unspecified atom stereocenters. The minimum Gasteiger partial charge on any atom is -0.453 e. The van der Waals surface area contributed by atoms with Crippen LogP contribution in [0.3, 0.4) is 0 Å². The Bertz CT molecular complexity index is 1880. The number of nitrogens with one attached hydrogen (secondary N) is 1. The van der Waals surface area contributed by atoms with Crippen LogP contribution in [-0.4, -0.2) is 71.7 Å². The Morgan fingerprint density at radius 2 is 1.58 bits per heavy atom. The SMILES string of the molecule is CC(=O)O[C@@H](C)C(=O)NCc1cccc(-c2cccc([C@@H]3O[C@H](CN4CCN(c5ccc([N+](=O)[O-])cc5)CC4)[C@H](C)[C@H](c4ccc(CO)cc4)O3)c2)c1. The third-order valence-electron chi connectivity index (χ3n) is 9.96. The number of ether oxygens (including phenoxy) is 3. The number of carbonyl (C=O) groups is 2. The molecule has 12 heteroatoms. The Morgan fingerprint density at radius 1 is 0.906 bits per heavy atom. The maximum atomic E-state index is 12.4. The molecule has 53 heavy (non-hydrogen) atoms. The molecule has 2 heterocycles. The van der Waals surface area contributed by atoms with E-state index in [-0.39, 0.29) is 47.8 Å². The number of benzene rings is 4. The van der Waals surface area contributed by atoms with Crippen molar-refractivity contribution in [1.29, 1.82) is 0 Å². The lowest BCUT2D eigenvalue weighted by Gasteiger charge is -2.44. The largest absolute Gasteiger partial charge is 0.453 e. The number of esters is 1. The van der Waals surface area contributed by atoms with Crippen LogP contribution >= 0.6 is 0 Å². The second-order valence-electron chi connectivity index (χ2n) is 13.7. The fourth-order valence-corrected chi connectivity index (χ4v) is 6.92. The van der Waals surface area contributed by atoms with Gasteiger partial charge in [-0.15, -0.1) is 0 Å². The van der Waals surface area contributed by atoms with Gasteiger partial charge in [-0.25, -0.2) is 0 Å². The number of nitrogens with zero attached hydrogens (tertiary/aromatic N) is 3. The van der Waals surface area contributed by atoms with Gasteiger partial charge in [-0.3, -0.25) is 24.6 Å². The Labute approximate surface area is 309 Å². The van der Waals surface area contributed by atoms with Gasteiger partial charge in [0.25, 0.3) is 11.6 Å². The van der Waals surface area contributed by atoms with Gasteiger partial charge in [-0.05, 0) is 59.0 Å². The van der Waals surface area contributed by atoms with E-state index in [1.165, 1.54) is 6.92 Å². The fourth-order valence-electron chi connectivity index (χ4n) is 6.92. The molecule has 2 aliphatic rings. The first-order valence-corrected chi connectivity index (χ1v) is 17.9. The van der Waals surface area contributed by atoms with Crippen LogP contribution in [0.1, 0.15) is 55.4 Å². The molecule has 2 aliphatic heterocycles. The van der Waals surface area contributed by atoms with Gasteiger partial charge < -0.3 is 29.5 Å². The molecular weight excluding hydrogens is 676 g/mol. The molecule has 0 saturated carbocycles. The highest BCUT2D eigenvalue weighted by Gasteiger charge is 2.39. The van der Waals surface area contributed by atoms with Gasteiger partial charge in [0.1, 0.15) is 0 Å². The van der Waals surface area contributed by atoms with Crippen LogP contribution in [0.15, 0.2) is 97.1 Å². The first-order chi connectivity index (χ1) is 25.6. The van der Waals surface area contributed by atoms with E-state index < -0.39 is 18.4 Å². The molecule has 4 aromatic carbocycles. The van der Waals surface area contributed by atoms with E-state index in [1.54, 1.807) is 19.1 Å². The number of aliphatic hydroxyl groups excluding tert-OH is 1. The molecule has 12 nitrogen and oxygen atoms in total. The van der Waals surface area contributed by atoms with E-state index in [1.807, 2.05) is 78.9 Å². The molecule has 0 bridgehead atoms. The van der Waals surface area contributed by atoms with Gasteiger partial charge in [0.15, 0.2) is 12.4 Å². The molecule has 0 aliphatic carbocycles. The molecule has 5 atom stereocenters. The maximum absolute atomic E-state index is 12.4. The average Bonchev–Trinajstić information content (AvgIpc) is 3.18. The highest BCUT2D eigenvalue weighted by molar-refractivity contribution is 5.82. The summed E-state index contributed by atoms with van der Waals surface area (Å²) in [5.74, 6) is -0.848. The summed E-state index contributed by atoms with van der Waals surface area (Å²) in [7, 11) is 0. The van der Waals surface area contributed by atoms with Gasteiger partial charge in [-0.2, -0.15) is 0 Å². The summed E-state index contributed by atoms with van der Waals surface area (Å²) in [4.78, 5) is 39.0. The van der Waals surface area contributed by atoms with E-state index in [0.717, 1.165) is 65.2 Å². The van der Waals surface area contributed by atoms with Crippen molar-refractivity contribution in [3.05, 3.63) is 129 Å². The molecule has 2 N–H and O–H groups in total. The number of nitro groups is 1. The number of nitro benzene ring substituents is 1. The van der Waals surface area contributed by atoms with Crippen molar-refractivity contribution in [3.8, 4) is 11.1 Å². The van der Waals surface area contributed by atoms with Crippen LogP contribution in [0.5, 0.6) is 0 Å². The van der Waals surface area contributed by atoms with E-state index in [0.29, 0.717) is 6.54 Å². The minimum absolute atomic E-state index is 0.0255. The van der Waals surface area contributed by atoms with Gasteiger partial charge in [-0.1, -0.05) is 67.6 Å². The Hall–Kier alpha value is -5.14. The first-order valence-electron chi connectivity index (χ1n) is 17.9. The van der Waals surface area contributed by atoms with Gasteiger partial charge >= 0.3 is 5.97 Å². The number of hydrogen-bond donors (Lipinski definition) is 2.